The summed E-state index contributed by atoms with van der Waals surface area (Å²) in [6.07, 6.45) is 5.30. The van der Waals surface area contributed by atoms with Crippen LogP contribution in [0.3, 0.4) is 0 Å². The van der Waals surface area contributed by atoms with Gasteiger partial charge in [0.25, 0.3) is 0 Å². The molecule has 2 heterocycles. The number of aromatic hydroxyl groups is 1. The summed E-state index contributed by atoms with van der Waals surface area (Å²) in [6.45, 7) is 5.82. The summed E-state index contributed by atoms with van der Waals surface area (Å²) in [7, 11) is 1.76. The number of nitrogens with zero attached hydrogens (tertiary/aromatic N) is 3. The third-order valence-electron chi connectivity index (χ3n) is 6.61. The van der Waals surface area contributed by atoms with E-state index in [1.54, 1.807) is 13.2 Å². The van der Waals surface area contributed by atoms with E-state index >= 15 is 0 Å². The van der Waals surface area contributed by atoms with Gasteiger partial charge in [-0.05, 0) is 74.6 Å². The van der Waals surface area contributed by atoms with Crippen LogP contribution in [0.1, 0.15) is 42.0 Å². The number of phenolic OH excluding ortho intramolecular Hbond substituents is 1. The second-order valence-corrected chi connectivity index (χ2v) is 8.87. The highest BCUT2D eigenvalue weighted by Gasteiger charge is 2.22. The first-order chi connectivity index (χ1) is 16.2. The summed E-state index contributed by atoms with van der Waals surface area (Å²) in [5, 5.41) is 10.3. The van der Waals surface area contributed by atoms with Crippen molar-refractivity contribution in [2.24, 2.45) is 0 Å². The van der Waals surface area contributed by atoms with Crippen molar-refractivity contribution >= 4 is 0 Å². The number of piperidine rings is 1. The molecule has 1 aliphatic heterocycles. The van der Waals surface area contributed by atoms with E-state index in [-0.39, 0.29) is 0 Å². The van der Waals surface area contributed by atoms with Gasteiger partial charge in [0.05, 0.1) is 12.8 Å². The lowest BCUT2D eigenvalue weighted by atomic mass is 9.89. The topological polar surface area (TPSA) is 48.8 Å². The molecule has 1 saturated heterocycles. The molecule has 0 saturated carbocycles. The quantitative estimate of drug-likeness (QED) is 0.472. The summed E-state index contributed by atoms with van der Waals surface area (Å²) in [5.41, 5.74) is 3.38. The SMILES string of the molecule is COc1ccccc1C1CCN(CCCN(Cc2ccccn2)Cc2ccccc2O)CC1. The number of rotatable bonds is 10. The summed E-state index contributed by atoms with van der Waals surface area (Å²) in [5.74, 6) is 1.96. The fourth-order valence-corrected chi connectivity index (χ4v) is 4.81. The van der Waals surface area contributed by atoms with Gasteiger partial charge in [-0.3, -0.25) is 9.88 Å². The maximum Gasteiger partial charge on any atom is 0.122 e. The van der Waals surface area contributed by atoms with Crippen molar-refractivity contribution in [3.8, 4) is 11.5 Å². The number of pyridine rings is 1. The van der Waals surface area contributed by atoms with Crippen molar-refractivity contribution in [3.05, 3.63) is 89.7 Å². The van der Waals surface area contributed by atoms with Gasteiger partial charge in [-0.1, -0.05) is 42.5 Å². The molecular formula is C28H35N3O2. The van der Waals surface area contributed by atoms with Crippen LogP contribution in [-0.4, -0.2) is 53.2 Å². The lowest BCUT2D eigenvalue weighted by Gasteiger charge is -2.33. The van der Waals surface area contributed by atoms with Gasteiger partial charge in [-0.2, -0.15) is 0 Å². The van der Waals surface area contributed by atoms with Gasteiger partial charge >= 0.3 is 0 Å². The van der Waals surface area contributed by atoms with Gasteiger partial charge in [-0.15, -0.1) is 0 Å². The zero-order valence-electron chi connectivity index (χ0n) is 19.6. The second-order valence-electron chi connectivity index (χ2n) is 8.87. The van der Waals surface area contributed by atoms with Crippen molar-refractivity contribution in [2.45, 2.75) is 38.3 Å². The number of para-hydroxylation sites is 2. The van der Waals surface area contributed by atoms with Crippen molar-refractivity contribution in [3.63, 3.8) is 0 Å². The maximum atomic E-state index is 10.3. The predicted octanol–water partition coefficient (Wildman–Crippen LogP) is 5.07. The molecule has 5 nitrogen and oxygen atoms in total. The first kappa shape index (κ1) is 23.3. The normalized spacial score (nSPS) is 15.1. The molecule has 1 fully saturated rings. The number of benzene rings is 2. The van der Waals surface area contributed by atoms with E-state index in [1.165, 1.54) is 18.4 Å². The van der Waals surface area contributed by atoms with Gasteiger partial charge < -0.3 is 14.7 Å². The molecule has 0 amide bonds. The Kier molecular flexibility index (Phi) is 8.34. The summed E-state index contributed by atoms with van der Waals surface area (Å²) < 4.78 is 5.58. The Morgan fingerprint density at radius 1 is 0.970 bits per heavy atom. The molecule has 1 aromatic heterocycles. The molecular weight excluding hydrogens is 410 g/mol. The Hall–Kier alpha value is -2.89. The van der Waals surface area contributed by atoms with Crippen LogP contribution in [0.5, 0.6) is 11.5 Å². The maximum absolute atomic E-state index is 10.3. The van der Waals surface area contributed by atoms with Gasteiger partial charge in [0.2, 0.25) is 0 Å². The smallest absolute Gasteiger partial charge is 0.122 e. The molecule has 0 aliphatic carbocycles. The third kappa shape index (κ3) is 6.56. The molecule has 5 heteroatoms. The largest absolute Gasteiger partial charge is 0.508 e. The molecule has 174 valence electrons. The Labute approximate surface area is 197 Å². The number of hydrogen-bond donors (Lipinski definition) is 1. The fraction of sp³-hybridized carbons (Fsp3) is 0.393. The van der Waals surface area contributed by atoms with E-state index < -0.39 is 0 Å². The first-order valence-electron chi connectivity index (χ1n) is 12.0. The highest BCUT2D eigenvalue weighted by molar-refractivity contribution is 5.36. The third-order valence-corrected chi connectivity index (χ3v) is 6.61. The molecule has 0 spiro atoms. The number of methoxy groups -OCH3 is 1. The monoisotopic (exact) mass is 445 g/mol. The van der Waals surface area contributed by atoms with Crippen molar-refractivity contribution < 1.29 is 9.84 Å². The fourth-order valence-electron chi connectivity index (χ4n) is 4.81. The Morgan fingerprint density at radius 3 is 2.48 bits per heavy atom. The zero-order chi connectivity index (χ0) is 22.9. The highest BCUT2D eigenvalue weighted by Crippen LogP contribution is 2.34. The number of ether oxygens (including phenoxy) is 1. The predicted molar refractivity (Wildman–Crippen MR) is 132 cm³/mol. The first-order valence-corrected chi connectivity index (χ1v) is 12.0. The minimum Gasteiger partial charge on any atom is -0.508 e. The van der Waals surface area contributed by atoms with E-state index in [9.17, 15) is 5.11 Å². The Bertz CT molecular complexity index is 987. The molecule has 4 rings (SSSR count). The Balaban J connectivity index is 1.29. The highest BCUT2D eigenvalue weighted by atomic mass is 16.5. The van der Waals surface area contributed by atoms with E-state index in [4.69, 9.17) is 4.74 Å². The van der Waals surface area contributed by atoms with E-state index in [2.05, 4.69) is 39.0 Å². The zero-order valence-corrected chi connectivity index (χ0v) is 19.6. The molecule has 0 bridgehead atoms. The van der Waals surface area contributed by atoms with Crippen molar-refractivity contribution in [1.82, 2.24) is 14.8 Å². The molecule has 0 atom stereocenters. The average Bonchev–Trinajstić information content (AvgIpc) is 2.86. The van der Waals surface area contributed by atoms with Gasteiger partial charge in [0.1, 0.15) is 11.5 Å². The number of aromatic nitrogens is 1. The van der Waals surface area contributed by atoms with Crippen LogP contribution in [0.4, 0.5) is 0 Å². The summed E-state index contributed by atoms with van der Waals surface area (Å²) in [6, 6.07) is 22.1. The average molecular weight is 446 g/mol. The Morgan fingerprint density at radius 2 is 1.73 bits per heavy atom. The van der Waals surface area contributed by atoms with Crippen LogP contribution in [0.15, 0.2) is 72.9 Å². The van der Waals surface area contributed by atoms with Crippen LogP contribution < -0.4 is 4.74 Å². The molecule has 2 aromatic carbocycles. The molecule has 33 heavy (non-hydrogen) atoms. The number of likely N-dealkylation sites (tertiary alicyclic amines) is 1. The van der Waals surface area contributed by atoms with Crippen molar-refractivity contribution in [2.75, 3.05) is 33.3 Å². The van der Waals surface area contributed by atoms with E-state index in [1.807, 2.05) is 42.6 Å². The minimum atomic E-state index is 0.363. The lowest BCUT2D eigenvalue weighted by Crippen LogP contribution is -2.35. The van der Waals surface area contributed by atoms with Crippen LogP contribution >= 0.6 is 0 Å². The second kappa shape index (κ2) is 11.8. The van der Waals surface area contributed by atoms with Crippen LogP contribution in [-0.2, 0) is 13.1 Å². The molecule has 1 N–H and O–H groups in total. The minimum absolute atomic E-state index is 0.363. The van der Waals surface area contributed by atoms with Crippen LogP contribution in [0, 0.1) is 0 Å². The molecule has 1 aliphatic rings. The standard InChI is InChI=1S/C28H35N3O2/c1-33-28-13-5-3-11-26(28)23-14-19-30(20-15-23)17-8-18-31(22-25-10-6-7-16-29-25)21-24-9-2-4-12-27(24)32/h2-7,9-13,16,23,32H,8,14-15,17-22H2,1H3. The number of hydrogen-bond acceptors (Lipinski definition) is 5. The van der Waals surface area contributed by atoms with Gasteiger partial charge in [0.15, 0.2) is 0 Å². The summed E-state index contributed by atoms with van der Waals surface area (Å²) >= 11 is 0. The molecule has 0 unspecified atom stereocenters. The van der Waals surface area contributed by atoms with Gasteiger partial charge in [-0.25, -0.2) is 0 Å². The lowest BCUT2D eigenvalue weighted by molar-refractivity contribution is 0.184. The molecule has 0 radical (unpaired) electrons. The summed E-state index contributed by atoms with van der Waals surface area (Å²) in [4.78, 5) is 9.48. The van der Waals surface area contributed by atoms with E-state index in [0.29, 0.717) is 11.7 Å². The van der Waals surface area contributed by atoms with Gasteiger partial charge in [0, 0.05) is 31.4 Å². The van der Waals surface area contributed by atoms with E-state index in [0.717, 1.165) is 62.7 Å². The number of phenols is 1. The van der Waals surface area contributed by atoms with Crippen LogP contribution in [0.25, 0.3) is 0 Å². The van der Waals surface area contributed by atoms with Crippen LogP contribution in [0.2, 0.25) is 0 Å². The van der Waals surface area contributed by atoms with Crippen molar-refractivity contribution in [1.29, 1.82) is 0 Å². The molecule has 3 aromatic rings.